The number of benzene rings is 2. The van der Waals surface area contributed by atoms with Gasteiger partial charge in [0.25, 0.3) is 5.91 Å². The molecule has 0 spiro atoms. The maximum atomic E-state index is 12.6. The SMILES string of the molecule is Cc1ccc(C(=O)C[C@@]2(O)C(=O)Nc3ccc(Br)cc32)c(C)c1. The summed E-state index contributed by atoms with van der Waals surface area (Å²) in [5, 5.41) is 13.5. The highest BCUT2D eigenvalue weighted by Crippen LogP contribution is 2.40. The summed E-state index contributed by atoms with van der Waals surface area (Å²) in [4.78, 5) is 24.9. The normalized spacial score (nSPS) is 19.4. The van der Waals surface area contributed by atoms with E-state index in [1.165, 1.54) is 0 Å². The van der Waals surface area contributed by atoms with Crippen molar-refractivity contribution in [3.63, 3.8) is 0 Å². The van der Waals surface area contributed by atoms with Crippen LogP contribution < -0.4 is 5.32 Å². The molecule has 0 aliphatic carbocycles. The van der Waals surface area contributed by atoms with Crippen LogP contribution in [0.15, 0.2) is 40.9 Å². The number of halogens is 1. The fraction of sp³-hybridized carbons (Fsp3) is 0.222. The predicted molar refractivity (Wildman–Crippen MR) is 91.5 cm³/mol. The zero-order valence-electron chi connectivity index (χ0n) is 12.8. The van der Waals surface area contributed by atoms with Gasteiger partial charge in [-0.3, -0.25) is 9.59 Å². The molecule has 1 atom stereocenters. The van der Waals surface area contributed by atoms with Crippen molar-refractivity contribution >= 4 is 33.3 Å². The van der Waals surface area contributed by atoms with E-state index in [2.05, 4.69) is 21.2 Å². The Hall–Kier alpha value is -1.98. The molecule has 0 saturated heterocycles. The van der Waals surface area contributed by atoms with Gasteiger partial charge >= 0.3 is 0 Å². The van der Waals surface area contributed by atoms with Crippen molar-refractivity contribution in [3.8, 4) is 0 Å². The summed E-state index contributed by atoms with van der Waals surface area (Å²) in [7, 11) is 0. The second kappa shape index (κ2) is 5.58. The molecule has 23 heavy (non-hydrogen) atoms. The molecule has 2 aromatic carbocycles. The van der Waals surface area contributed by atoms with Crippen LogP contribution in [-0.2, 0) is 10.4 Å². The summed E-state index contributed by atoms with van der Waals surface area (Å²) >= 11 is 3.33. The van der Waals surface area contributed by atoms with Gasteiger partial charge in [-0.25, -0.2) is 0 Å². The lowest BCUT2D eigenvalue weighted by Gasteiger charge is -2.20. The Bertz CT molecular complexity index is 831. The van der Waals surface area contributed by atoms with Crippen molar-refractivity contribution < 1.29 is 14.7 Å². The maximum Gasteiger partial charge on any atom is 0.261 e. The largest absolute Gasteiger partial charge is 0.375 e. The van der Waals surface area contributed by atoms with Gasteiger partial charge in [-0.1, -0.05) is 39.7 Å². The van der Waals surface area contributed by atoms with Crippen LogP contribution in [0.2, 0.25) is 0 Å². The van der Waals surface area contributed by atoms with Gasteiger partial charge in [0.05, 0.1) is 6.42 Å². The Labute approximate surface area is 142 Å². The fourth-order valence-corrected chi connectivity index (χ4v) is 3.31. The van der Waals surface area contributed by atoms with Crippen LogP contribution in [0, 0.1) is 13.8 Å². The minimum atomic E-state index is -1.84. The van der Waals surface area contributed by atoms with E-state index in [0.717, 1.165) is 15.6 Å². The van der Waals surface area contributed by atoms with Gasteiger partial charge in [0.1, 0.15) is 0 Å². The van der Waals surface area contributed by atoms with E-state index < -0.39 is 11.5 Å². The molecule has 0 radical (unpaired) electrons. The van der Waals surface area contributed by atoms with Gasteiger partial charge in [-0.2, -0.15) is 0 Å². The highest BCUT2D eigenvalue weighted by Gasteiger charge is 2.47. The van der Waals surface area contributed by atoms with Gasteiger partial charge in [-0.05, 0) is 37.6 Å². The number of hydrogen-bond acceptors (Lipinski definition) is 3. The van der Waals surface area contributed by atoms with Gasteiger partial charge in [0.2, 0.25) is 0 Å². The van der Waals surface area contributed by atoms with Crippen molar-refractivity contribution in [2.75, 3.05) is 5.32 Å². The number of anilines is 1. The van der Waals surface area contributed by atoms with Crippen LogP contribution in [0.25, 0.3) is 0 Å². The number of Topliss-reactive ketones (excluding diaryl/α,β-unsaturated/α-hetero) is 1. The molecule has 118 valence electrons. The molecule has 0 unspecified atom stereocenters. The van der Waals surface area contributed by atoms with Gasteiger partial charge in [0, 0.05) is 21.3 Å². The number of nitrogens with one attached hydrogen (secondary N) is 1. The molecule has 1 amide bonds. The van der Waals surface area contributed by atoms with E-state index in [4.69, 9.17) is 0 Å². The first-order valence-corrected chi connectivity index (χ1v) is 8.05. The Kier molecular flexibility index (Phi) is 3.86. The number of rotatable bonds is 3. The summed E-state index contributed by atoms with van der Waals surface area (Å²) in [5.74, 6) is -0.823. The number of carbonyl (C=O) groups is 2. The second-order valence-electron chi connectivity index (χ2n) is 5.92. The second-order valence-corrected chi connectivity index (χ2v) is 6.84. The highest BCUT2D eigenvalue weighted by molar-refractivity contribution is 9.10. The average Bonchev–Trinajstić information content (AvgIpc) is 2.70. The van der Waals surface area contributed by atoms with Crippen molar-refractivity contribution in [1.29, 1.82) is 0 Å². The molecule has 0 saturated carbocycles. The van der Waals surface area contributed by atoms with E-state index in [1.54, 1.807) is 24.3 Å². The number of aliphatic hydroxyl groups is 1. The Morgan fingerprint density at radius 2 is 1.96 bits per heavy atom. The molecule has 0 bridgehead atoms. The van der Waals surface area contributed by atoms with E-state index in [9.17, 15) is 14.7 Å². The Balaban J connectivity index is 1.97. The maximum absolute atomic E-state index is 12.6. The van der Waals surface area contributed by atoms with E-state index >= 15 is 0 Å². The Morgan fingerprint density at radius 1 is 1.22 bits per heavy atom. The van der Waals surface area contributed by atoms with Crippen LogP contribution in [0.1, 0.15) is 33.5 Å². The van der Waals surface area contributed by atoms with Crippen LogP contribution in [0.4, 0.5) is 5.69 Å². The third-order valence-corrected chi connectivity index (χ3v) is 4.64. The molecular formula is C18H16BrNO3. The molecule has 1 aliphatic rings. The molecule has 5 heteroatoms. The monoisotopic (exact) mass is 373 g/mol. The smallest absolute Gasteiger partial charge is 0.261 e. The summed E-state index contributed by atoms with van der Waals surface area (Å²) in [6.07, 6.45) is -0.286. The number of hydrogen-bond donors (Lipinski definition) is 2. The number of ketones is 1. The number of carbonyl (C=O) groups excluding carboxylic acids is 2. The fourth-order valence-electron chi connectivity index (χ4n) is 2.95. The Morgan fingerprint density at radius 3 is 2.65 bits per heavy atom. The van der Waals surface area contributed by atoms with Crippen molar-refractivity contribution in [2.45, 2.75) is 25.9 Å². The molecule has 4 nitrogen and oxygen atoms in total. The first-order chi connectivity index (χ1) is 10.8. The van der Waals surface area contributed by atoms with Gasteiger partial charge in [-0.15, -0.1) is 0 Å². The molecule has 3 rings (SSSR count). The van der Waals surface area contributed by atoms with Crippen molar-refractivity contribution in [1.82, 2.24) is 0 Å². The molecule has 1 aliphatic heterocycles. The molecule has 0 aromatic heterocycles. The lowest BCUT2D eigenvalue weighted by atomic mass is 9.87. The first-order valence-electron chi connectivity index (χ1n) is 7.25. The lowest BCUT2D eigenvalue weighted by molar-refractivity contribution is -0.133. The van der Waals surface area contributed by atoms with Crippen molar-refractivity contribution in [2.24, 2.45) is 0 Å². The topological polar surface area (TPSA) is 66.4 Å². The predicted octanol–water partition coefficient (Wildman–Crippen LogP) is 3.48. The van der Waals surface area contributed by atoms with Crippen LogP contribution in [-0.4, -0.2) is 16.8 Å². The average molecular weight is 374 g/mol. The van der Waals surface area contributed by atoms with E-state index in [-0.39, 0.29) is 12.2 Å². The van der Waals surface area contributed by atoms with Gasteiger partial charge < -0.3 is 10.4 Å². The van der Waals surface area contributed by atoms with Crippen LogP contribution >= 0.6 is 15.9 Å². The van der Waals surface area contributed by atoms with E-state index in [1.807, 2.05) is 26.0 Å². The van der Waals surface area contributed by atoms with Crippen LogP contribution in [0.3, 0.4) is 0 Å². The van der Waals surface area contributed by atoms with Gasteiger partial charge in [0.15, 0.2) is 11.4 Å². The summed E-state index contributed by atoms with van der Waals surface area (Å²) in [6, 6.07) is 10.7. The zero-order valence-corrected chi connectivity index (χ0v) is 14.4. The number of aryl methyl sites for hydroxylation is 2. The molecule has 2 N–H and O–H groups in total. The summed E-state index contributed by atoms with van der Waals surface area (Å²) < 4.78 is 0.741. The summed E-state index contributed by atoms with van der Waals surface area (Å²) in [6.45, 7) is 3.80. The highest BCUT2D eigenvalue weighted by atomic mass is 79.9. The number of fused-ring (bicyclic) bond motifs is 1. The van der Waals surface area contributed by atoms with Crippen LogP contribution in [0.5, 0.6) is 0 Å². The minimum absolute atomic E-state index is 0.257. The number of amides is 1. The molecule has 2 aromatic rings. The summed E-state index contributed by atoms with van der Waals surface area (Å²) in [5.41, 5.74) is 1.55. The zero-order chi connectivity index (χ0) is 16.8. The third-order valence-electron chi connectivity index (χ3n) is 4.15. The van der Waals surface area contributed by atoms with Crippen molar-refractivity contribution in [3.05, 3.63) is 63.1 Å². The molecule has 0 fully saturated rings. The molecular weight excluding hydrogens is 358 g/mol. The quantitative estimate of drug-likeness (QED) is 0.809. The molecule has 1 heterocycles. The third kappa shape index (κ3) is 2.71. The minimum Gasteiger partial charge on any atom is -0.375 e. The standard InChI is InChI=1S/C18H16BrNO3/c1-10-3-5-13(11(2)7-10)16(21)9-18(23)14-8-12(19)4-6-15(14)20-17(18)22/h3-8,23H,9H2,1-2H3,(H,20,22)/t18-/m0/s1. The lowest BCUT2D eigenvalue weighted by Crippen LogP contribution is -2.36. The van der Waals surface area contributed by atoms with E-state index in [0.29, 0.717) is 16.8 Å². The first kappa shape index (κ1) is 15.9.